The minimum absolute atomic E-state index is 0.207. The molecule has 0 aromatic heterocycles. The van der Waals surface area contributed by atoms with Gasteiger partial charge in [0, 0.05) is 12.0 Å². The first-order valence-corrected chi connectivity index (χ1v) is 7.84. The van der Waals surface area contributed by atoms with E-state index in [0.717, 1.165) is 17.8 Å². The fraction of sp³-hybridized carbons (Fsp3) is 0.824. The molecule has 0 aromatic rings. The van der Waals surface area contributed by atoms with Gasteiger partial charge in [0.2, 0.25) is 0 Å². The largest absolute Gasteiger partial charge is 0.455 e. The van der Waals surface area contributed by atoms with Gasteiger partial charge in [-0.1, -0.05) is 27.4 Å². The highest BCUT2D eigenvalue weighted by atomic mass is 16.6. The highest BCUT2D eigenvalue weighted by molar-refractivity contribution is 5.81. The predicted octanol–water partition coefficient (Wildman–Crippen LogP) is 3.81. The molecular weight excluding hydrogens is 236 g/mol. The molecule has 2 heteroatoms. The van der Waals surface area contributed by atoms with E-state index in [1.165, 1.54) is 31.8 Å². The number of carbonyl (C=O) groups excluding carboxylic acids is 1. The van der Waals surface area contributed by atoms with Gasteiger partial charge in [-0.2, -0.15) is 0 Å². The average molecular weight is 262 g/mol. The highest BCUT2D eigenvalue weighted by Crippen LogP contribution is 2.66. The normalized spacial score (nSPS) is 47.5. The van der Waals surface area contributed by atoms with Crippen molar-refractivity contribution >= 4 is 5.97 Å². The van der Waals surface area contributed by atoms with Crippen LogP contribution in [0.1, 0.15) is 46.5 Å². The van der Waals surface area contributed by atoms with Crippen LogP contribution in [-0.2, 0) is 9.53 Å². The van der Waals surface area contributed by atoms with Crippen LogP contribution >= 0.6 is 0 Å². The van der Waals surface area contributed by atoms with E-state index in [4.69, 9.17) is 4.74 Å². The third-order valence-electron chi connectivity index (χ3n) is 6.19. The van der Waals surface area contributed by atoms with Crippen molar-refractivity contribution in [3.05, 3.63) is 12.7 Å². The summed E-state index contributed by atoms with van der Waals surface area (Å²) >= 11 is 0. The molecule has 3 fully saturated rings. The summed E-state index contributed by atoms with van der Waals surface area (Å²) in [6.07, 6.45) is 6.50. The Morgan fingerprint density at radius 1 is 1.32 bits per heavy atom. The molecule has 2 bridgehead atoms. The molecule has 0 radical (unpaired) electrons. The Morgan fingerprint density at radius 2 is 2.05 bits per heavy atom. The molecule has 2 nitrogen and oxygen atoms in total. The number of hydrogen-bond acceptors (Lipinski definition) is 2. The van der Waals surface area contributed by atoms with Gasteiger partial charge >= 0.3 is 5.97 Å². The number of carbonyl (C=O) groups is 1. The molecule has 6 unspecified atom stereocenters. The standard InChI is InChI=1S/C17H26O2/c1-5-16(18)19-17(10(2)3)13-7-11(4)6-12-8-15(17)14(12)9-13/h5,10-15H,1,6-9H2,2-4H3. The van der Waals surface area contributed by atoms with Gasteiger partial charge in [0.15, 0.2) is 0 Å². The van der Waals surface area contributed by atoms with E-state index < -0.39 is 0 Å². The molecule has 106 valence electrons. The fourth-order valence-corrected chi connectivity index (χ4v) is 5.54. The zero-order chi connectivity index (χ0) is 13.8. The number of fused-ring (bicyclic) bond motifs is 1. The van der Waals surface area contributed by atoms with Gasteiger partial charge in [0.05, 0.1) is 0 Å². The molecule has 0 aromatic carbocycles. The maximum absolute atomic E-state index is 11.9. The van der Waals surface area contributed by atoms with Crippen molar-refractivity contribution in [2.75, 3.05) is 0 Å². The van der Waals surface area contributed by atoms with Crippen molar-refractivity contribution in [1.29, 1.82) is 0 Å². The third kappa shape index (κ3) is 1.71. The summed E-state index contributed by atoms with van der Waals surface area (Å²) in [5.41, 5.74) is -0.207. The average Bonchev–Trinajstić information content (AvgIpc) is 2.48. The smallest absolute Gasteiger partial charge is 0.330 e. The molecule has 3 aliphatic rings. The van der Waals surface area contributed by atoms with Crippen molar-refractivity contribution in [3.63, 3.8) is 0 Å². The second kappa shape index (κ2) is 4.36. The van der Waals surface area contributed by atoms with E-state index in [-0.39, 0.29) is 11.6 Å². The third-order valence-corrected chi connectivity index (χ3v) is 6.19. The molecule has 0 aliphatic heterocycles. The van der Waals surface area contributed by atoms with Crippen LogP contribution in [0.2, 0.25) is 0 Å². The molecule has 0 spiro atoms. The van der Waals surface area contributed by atoms with E-state index in [0.29, 0.717) is 17.8 Å². The van der Waals surface area contributed by atoms with Crippen LogP contribution in [0.15, 0.2) is 12.7 Å². The zero-order valence-corrected chi connectivity index (χ0v) is 12.4. The fourth-order valence-electron chi connectivity index (χ4n) is 5.54. The van der Waals surface area contributed by atoms with Crippen LogP contribution in [0.3, 0.4) is 0 Å². The van der Waals surface area contributed by atoms with Crippen molar-refractivity contribution < 1.29 is 9.53 Å². The Balaban J connectivity index is 1.95. The molecule has 19 heavy (non-hydrogen) atoms. The summed E-state index contributed by atoms with van der Waals surface area (Å²) in [5, 5.41) is 0. The van der Waals surface area contributed by atoms with Gasteiger partial charge in [0.25, 0.3) is 0 Å². The lowest BCUT2D eigenvalue weighted by Crippen LogP contribution is -2.55. The highest BCUT2D eigenvalue weighted by Gasteiger charge is 2.66. The van der Waals surface area contributed by atoms with Crippen LogP contribution in [-0.4, -0.2) is 11.6 Å². The monoisotopic (exact) mass is 262 g/mol. The summed E-state index contributed by atoms with van der Waals surface area (Å²) in [6.45, 7) is 10.4. The van der Waals surface area contributed by atoms with Crippen LogP contribution in [0.5, 0.6) is 0 Å². The Kier molecular flexibility index (Phi) is 3.03. The van der Waals surface area contributed by atoms with Crippen molar-refractivity contribution in [2.24, 2.45) is 35.5 Å². The quantitative estimate of drug-likeness (QED) is 0.571. The summed E-state index contributed by atoms with van der Waals surface area (Å²) in [5.74, 6) is 3.84. The van der Waals surface area contributed by atoms with Crippen LogP contribution in [0.4, 0.5) is 0 Å². The van der Waals surface area contributed by atoms with Gasteiger partial charge in [-0.15, -0.1) is 0 Å². The Morgan fingerprint density at radius 3 is 2.68 bits per heavy atom. The first-order chi connectivity index (χ1) is 8.99. The lowest BCUT2D eigenvalue weighted by Gasteiger charge is -2.53. The van der Waals surface area contributed by atoms with Crippen molar-refractivity contribution in [2.45, 2.75) is 52.1 Å². The van der Waals surface area contributed by atoms with Crippen molar-refractivity contribution in [1.82, 2.24) is 0 Å². The van der Waals surface area contributed by atoms with Crippen LogP contribution in [0, 0.1) is 35.5 Å². The topological polar surface area (TPSA) is 26.3 Å². The van der Waals surface area contributed by atoms with Gasteiger partial charge in [-0.3, -0.25) is 0 Å². The molecule has 0 amide bonds. The lowest BCUT2D eigenvalue weighted by atomic mass is 9.56. The first kappa shape index (κ1) is 13.2. The first-order valence-electron chi connectivity index (χ1n) is 7.84. The van der Waals surface area contributed by atoms with Gasteiger partial charge < -0.3 is 4.74 Å². The molecule has 3 saturated carbocycles. The number of ether oxygens (including phenoxy) is 1. The van der Waals surface area contributed by atoms with Gasteiger partial charge in [-0.05, 0) is 55.3 Å². The summed E-state index contributed by atoms with van der Waals surface area (Å²) in [4.78, 5) is 11.9. The maximum atomic E-state index is 11.9. The van der Waals surface area contributed by atoms with Gasteiger partial charge in [0.1, 0.15) is 5.60 Å². The summed E-state index contributed by atoms with van der Waals surface area (Å²) in [6, 6.07) is 0. The van der Waals surface area contributed by atoms with E-state index >= 15 is 0 Å². The molecule has 6 atom stereocenters. The number of rotatable bonds is 3. The van der Waals surface area contributed by atoms with Crippen molar-refractivity contribution in [3.8, 4) is 0 Å². The Labute approximate surface area is 116 Å². The Hall–Kier alpha value is -0.790. The van der Waals surface area contributed by atoms with Gasteiger partial charge in [-0.25, -0.2) is 4.79 Å². The van der Waals surface area contributed by atoms with E-state index in [2.05, 4.69) is 27.4 Å². The number of hydrogen-bond donors (Lipinski definition) is 0. The van der Waals surface area contributed by atoms with E-state index in [1.54, 1.807) is 0 Å². The second-order valence-corrected chi connectivity index (χ2v) is 7.41. The summed E-state index contributed by atoms with van der Waals surface area (Å²) in [7, 11) is 0. The number of esters is 1. The van der Waals surface area contributed by atoms with E-state index in [1.807, 2.05) is 0 Å². The molecule has 0 saturated heterocycles. The molecular formula is C17H26O2. The minimum atomic E-state index is -0.226. The van der Waals surface area contributed by atoms with Crippen LogP contribution < -0.4 is 0 Å². The molecule has 3 aliphatic carbocycles. The maximum Gasteiger partial charge on any atom is 0.330 e. The lowest BCUT2D eigenvalue weighted by molar-refractivity contribution is -0.187. The SMILES string of the molecule is C=CC(=O)OC1(C(C)C)C2CC(C)CC3CC1C3C2. The van der Waals surface area contributed by atoms with E-state index in [9.17, 15) is 4.79 Å². The van der Waals surface area contributed by atoms with Crippen LogP contribution in [0.25, 0.3) is 0 Å². The summed E-state index contributed by atoms with van der Waals surface area (Å²) < 4.78 is 6.02. The molecule has 0 N–H and O–H groups in total. The second-order valence-electron chi connectivity index (χ2n) is 7.41. The predicted molar refractivity (Wildman–Crippen MR) is 75.5 cm³/mol. The Bertz CT molecular complexity index is 398. The molecule has 0 heterocycles. The molecule has 3 rings (SSSR count). The zero-order valence-electron chi connectivity index (χ0n) is 12.4. The minimum Gasteiger partial charge on any atom is -0.455 e.